The van der Waals surface area contributed by atoms with Gasteiger partial charge in [0.05, 0.1) is 17.8 Å². The van der Waals surface area contributed by atoms with Crippen molar-refractivity contribution >= 4 is 5.91 Å². The molecule has 5 nitrogen and oxygen atoms in total. The van der Waals surface area contributed by atoms with E-state index in [4.69, 9.17) is 4.74 Å². The van der Waals surface area contributed by atoms with Crippen molar-refractivity contribution in [2.24, 2.45) is 0 Å². The molecular formula is C17H20FN3O2. The van der Waals surface area contributed by atoms with Crippen LogP contribution in [0.5, 0.6) is 0 Å². The third kappa shape index (κ3) is 3.12. The van der Waals surface area contributed by atoms with Crippen molar-refractivity contribution < 1.29 is 13.9 Å². The summed E-state index contributed by atoms with van der Waals surface area (Å²) >= 11 is 0. The normalized spacial score (nSPS) is 20.7. The second-order valence-corrected chi connectivity index (χ2v) is 5.97. The Bertz CT molecular complexity index is 720. The molecule has 1 fully saturated rings. The molecule has 0 aliphatic carbocycles. The lowest BCUT2D eigenvalue weighted by molar-refractivity contribution is 0.0869. The van der Waals surface area contributed by atoms with Gasteiger partial charge in [0.2, 0.25) is 0 Å². The first-order valence-electron chi connectivity index (χ1n) is 7.75. The number of carbonyl (C=O) groups excluding carboxylic acids is 1. The van der Waals surface area contributed by atoms with Crippen LogP contribution in [0.3, 0.4) is 0 Å². The van der Waals surface area contributed by atoms with Crippen molar-refractivity contribution in [3.63, 3.8) is 0 Å². The maximum atomic E-state index is 13.2. The number of ether oxygens (including phenoxy) is 1. The molecule has 1 amide bonds. The van der Waals surface area contributed by atoms with Gasteiger partial charge in [-0.2, -0.15) is 5.10 Å². The Hall–Kier alpha value is -2.21. The van der Waals surface area contributed by atoms with Crippen LogP contribution < -0.4 is 5.32 Å². The maximum Gasteiger partial charge on any atom is 0.272 e. The number of benzene rings is 1. The van der Waals surface area contributed by atoms with Crippen LogP contribution in [0.25, 0.3) is 5.69 Å². The van der Waals surface area contributed by atoms with E-state index in [2.05, 4.69) is 10.4 Å². The highest BCUT2D eigenvalue weighted by Crippen LogP contribution is 2.23. The predicted octanol–water partition coefficient (Wildman–Crippen LogP) is 2.62. The van der Waals surface area contributed by atoms with Crippen LogP contribution in [0.15, 0.2) is 30.5 Å². The van der Waals surface area contributed by atoms with E-state index in [0.717, 1.165) is 24.1 Å². The van der Waals surface area contributed by atoms with Gasteiger partial charge in [0, 0.05) is 12.8 Å². The molecule has 1 N–H and O–H groups in total. The van der Waals surface area contributed by atoms with Crippen molar-refractivity contribution in [3.8, 4) is 5.69 Å². The lowest BCUT2D eigenvalue weighted by Crippen LogP contribution is -2.48. The van der Waals surface area contributed by atoms with Gasteiger partial charge in [0.15, 0.2) is 5.69 Å². The minimum atomic E-state index is -0.299. The Balaban J connectivity index is 1.80. The fourth-order valence-corrected chi connectivity index (χ4v) is 2.83. The number of aromatic nitrogens is 2. The molecule has 1 atom stereocenters. The van der Waals surface area contributed by atoms with E-state index in [9.17, 15) is 9.18 Å². The number of hydrogen-bond acceptors (Lipinski definition) is 3. The van der Waals surface area contributed by atoms with Crippen molar-refractivity contribution in [1.29, 1.82) is 0 Å². The molecule has 1 aromatic carbocycles. The zero-order chi connectivity index (χ0) is 16.4. The van der Waals surface area contributed by atoms with Gasteiger partial charge in [-0.25, -0.2) is 9.07 Å². The van der Waals surface area contributed by atoms with E-state index in [1.807, 2.05) is 13.8 Å². The van der Waals surface area contributed by atoms with E-state index >= 15 is 0 Å². The number of aryl methyl sites for hydroxylation is 1. The first-order valence-corrected chi connectivity index (χ1v) is 7.75. The quantitative estimate of drug-likeness (QED) is 0.943. The summed E-state index contributed by atoms with van der Waals surface area (Å²) in [6.07, 6.45) is 3.34. The van der Waals surface area contributed by atoms with E-state index in [0.29, 0.717) is 18.9 Å². The van der Waals surface area contributed by atoms with Crippen LogP contribution in [0.2, 0.25) is 0 Å². The Kier molecular flexibility index (Phi) is 4.17. The summed E-state index contributed by atoms with van der Waals surface area (Å²) in [5.74, 6) is -0.502. The monoisotopic (exact) mass is 317 g/mol. The van der Waals surface area contributed by atoms with Gasteiger partial charge >= 0.3 is 0 Å². The van der Waals surface area contributed by atoms with E-state index in [-0.39, 0.29) is 17.3 Å². The lowest BCUT2D eigenvalue weighted by Gasteiger charge is -2.26. The molecule has 1 aliphatic heterocycles. The van der Waals surface area contributed by atoms with Crippen LogP contribution in [0, 0.1) is 12.7 Å². The predicted molar refractivity (Wildman–Crippen MR) is 84.2 cm³/mol. The fourth-order valence-electron chi connectivity index (χ4n) is 2.83. The number of nitrogens with zero attached hydrogens (tertiary/aromatic N) is 2. The number of rotatable bonds is 4. The SMILES string of the molecule is CCC1(NC(=O)c2ccn(-c3ccc(F)cc3C)n2)CCOC1. The van der Waals surface area contributed by atoms with Gasteiger partial charge in [-0.1, -0.05) is 6.92 Å². The third-order valence-electron chi connectivity index (χ3n) is 4.39. The third-order valence-corrected chi connectivity index (χ3v) is 4.39. The molecule has 23 heavy (non-hydrogen) atoms. The zero-order valence-corrected chi connectivity index (χ0v) is 13.3. The van der Waals surface area contributed by atoms with E-state index in [1.165, 1.54) is 12.1 Å². The van der Waals surface area contributed by atoms with Gasteiger partial charge in [-0.15, -0.1) is 0 Å². The minimum Gasteiger partial charge on any atom is -0.379 e. The molecular weight excluding hydrogens is 297 g/mol. The molecule has 1 aliphatic rings. The van der Waals surface area contributed by atoms with Crippen LogP contribution in [0.1, 0.15) is 35.8 Å². The first kappa shape index (κ1) is 15.7. The summed E-state index contributed by atoms with van der Waals surface area (Å²) in [5, 5.41) is 7.37. The molecule has 2 heterocycles. The highest BCUT2D eigenvalue weighted by atomic mass is 19.1. The van der Waals surface area contributed by atoms with Crippen LogP contribution in [-0.4, -0.2) is 34.4 Å². The summed E-state index contributed by atoms with van der Waals surface area (Å²) in [6, 6.07) is 6.14. The van der Waals surface area contributed by atoms with Gasteiger partial charge in [0.1, 0.15) is 5.82 Å². The molecule has 0 bridgehead atoms. The maximum absolute atomic E-state index is 13.2. The van der Waals surface area contributed by atoms with Gasteiger partial charge in [0.25, 0.3) is 5.91 Å². The zero-order valence-electron chi connectivity index (χ0n) is 13.3. The van der Waals surface area contributed by atoms with Gasteiger partial charge in [-0.05, 0) is 49.6 Å². The Labute approximate surface area is 134 Å². The highest BCUT2D eigenvalue weighted by Gasteiger charge is 2.35. The number of amides is 1. The molecule has 1 saturated heterocycles. The Morgan fingerprint density at radius 1 is 1.48 bits per heavy atom. The lowest BCUT2D eigenvalue weighted by atomic mass is 9.95. The van der Waals surface area contributed by atoms with Gasteiger partial charge in [-0.3, -0.25) is 4.79 Å². The number of halogens is 1. The van der Waals surface area contributed by atoms with E-state index < -0.39 is 0 Å². The van der Waals surface area contributed by atoms with Crippen molar-refractivity contribution in [2.45, 2.75) is 32.2 Å². The number of carbonyl (C=O) groups is 1. The second kappa shape index (κ2) is 6.12. The number of nitrogens with one attached hydrogen (secondary N) is 1. The summed E-state index contributed by atoms with van der Waals surface area (Å²) in [7, 11) is 0. The molecule has 0 spiro atoms. The topological polar surface area (TPSA) is 56.2 Å². The highest BCUT2D eigenvalue weighted by molar-refractivity contribution is 5.92. The Morgan fingerprint density at radius 2 is 2.30 bits per heavy atom. The molecule has 122 valence electrons. The van der Waals surface area contributed by atoms with Crippen molar-refractivity contribution in [2.75, 3.05) is 13.2 Å². The average molecular weight is 317 g/mol. The van der Waals surface area contributed by atoms with Crippen molar-refractivity contribution in [1.82, 2.24) is 15.1 Å². The largest absolute Gasteiger partial charge is 0.379 e. The standard InChI is InChI=1S/C17H20FN3O2/c1-3-17(7-9-23-11-17)19-16(22)14-6-8-21(20-14)15-5-4-13(18)10-12(15)2/h4-6,8,10H,3,7,9,11H2,1-2H3,(H,19,22). The van der Waals surface area contributed by atoms with Crippen LogP contribution in [-0.2, 0) is 4.74 Å². The smallest absolute Gasteiger partial charge is 0.272 e. The molecule has 3 rings (SSSR count). The van der Waals surface area contributed by atoms with Crippen molar-refractivity contribution in [3.05, 3.63) is 47.5 Å². The number of hydrogen-bond donors (Lipinski definition) is 1. The molecule has 1 unspecified atom stereocenters. The molecule has 6 heteroatoms. The first-order chi connectivity index (χ1) is 11.0. The van der Waals surface area contributed by atoms with Crippen LogP contribution in [0.4, 0.5) is 4.39 Å². The van der Waals surface area contributed by atoms with E-state index in [1.54, 1.807) is 23.0 Å². The molecule has 1 aromatic heterocycles. The summed E-state index contributed by atoms with van der Waals surface area (Å²) in [4.78, 5) is 12.4. The summed E-state index contributed by atoms with van der Waals surface area (Å²) in [5.41, 5.74) is 1.55. The van der Waals surface area contributed by atoms with Crippen LogP contribution >= 0.6 is 0 Å². The second-order valence-electron chi connectivity index (χ2n) is 5.97. The average Bonchev–Trinajstić information content (AvgIpc) is 3.17. The Morgan fingerprint density at radius 3 is 2.96 bits per heavy atom. The molecule has 0 saturated carbocycles. The minimum absolute atomic E-state index is 0.212. The molecule has 0 radical (unpaired) electrons. The summed E-state index contributed by atoms with van der Waals surface area (Å²) < 4.78 is 20.2. The fraction of sp³-hybridized carbons (Fsp3) is 0.412. The summed E-state index contributed by atoms with van der Waals surface area (Å²) in [6.45, 7) is 5.04. The van der Waals surface area contributed by atoms with Gasteiger partial charge < -0.3 is 10.1 Å². The molecule has 2 aromatic rings.